The van der Waals surface area contributed by atoms with Gasteiger partial charge in [-0.1, -0.05) is 45.4 Å². The minimum absolute atomic E-state index is 0.114. The van der Waals surface area contributed by atoms with Crippen molar-refractivity contribution in [3.8, 4) is 11.6 Å². The van der Waals surface area contributed by atoms with Gasteiger partial charge in [0.25, 0.3) is 0 Å². The molecule has 1 aliphatic rings. The van der Waals surface area contributed by atoms with Crippen molar-refractivity contribution >= 4 is 23.3 Å². The van der Waals surface area contributed by atoms with E-state index >= 15 is 0 Å². The van der Waals surface area contributed by atoms with Gasteiger partial charge in [0.1, 0.15) is 17.9 Å². The van der Waals surface area contributed by atoms with E-state index in [4.69, 9.17) is 16.3 Å². The Morgan fingerprint density at radius 2 is 2.00 bits per heavy atom. The Hall–Kier alpha value is -2.34. The van der Waals surface area contributed by atoms with Crippen molar-refractivity contribution in [2.24, 2.45) is 11.3 Å². The molecule has 7 heteroatoms. The molecule has 2 unspecified atom stereocenters. The van der Waals surface area contributed by atoms with Crippen LogP contribution in [0.2, 0.25) is 5.02 Å². The van der Waals surface area contributed by atoms with E-state index in [0.717, 1.165) is 30.9 Å². The van der Waals surface area contributed by atoms with Gasteiger partial charge in [-0.3, -0.25) is 4.79 Å². The van der Waals surface area contributed by atoms with Crippen LogP contribution in [0.1, 0.15) is 53.0 Å². The van der Waals surface area contributed by atoms with Crippen LogP contribution < -0.4 is 9.64 Å². The van der Waals surface area contributed by atoms with Crippen LogP contribution in [0.25, 0.3) is 0 Å². The molecule has 32 heavy (non-hydrogen) atoms. The Kier molecular flexibility index (Phi) is 7.65. The predicted octanol–water partition coefficient (Wildman–Crippen LogP) is 5.73. The average molecular weight is 459 g/mol. The van der Waals surface area contributed by atoms with E-state index in [1.165, 1.54) is 6.33 Å². The first-order chi connectivity index (χ1) is 15.0. The summed E-state index contributed by atoms with van der Waals surface area (Å²) in [5, 5.41) is 0.539. The normalized spacial score (nSPS) is 17.9. The Morgan fingerprint density at radius 1 is 1.25 bits per heavy atom. The number of amides is 1. The minimum atomic E-state index is 0.114. The summed E-state index contributed by atoms with van der Waals surface area (Å²) in [5.74, 6) is 2.44. The van der Waals surface area contributed by atoms with Crippen LogP contribution in [0.4, 0.5) is 5.82 Å². The van der Waals surface area contributed by atoms with Gasteiger partial charge in [0.15, 0.2) is 0 Å². The van der Waals surface area contributed by atoms with Gasteiger partial charge in [-0.2, -0.15) is 0 Å². The lowest BCUT2D eigenvalue weighted by Gasteiger charge is -2.41. The summed E-state index contributed by atoms with van der Waals surface area (Å²) in [5.41, 5.74) is 1.30. The third-order valence-electron chi connectivity index (χ3n) is 5.68. The minimum Gasteiger partial charge on any atom is -0.437 e. The third-order valence-corrected chi connectivity index (χ3v) is 6.00. The highest BCUT2D eigenvalue weighted by Crippen LogP contribution is 2.31. The summed E-state index contributed by atoms with van der Waals surface area (Å²) < 4.78 is 5.92. The first-order valence-corrected chi connectivity index (χ1v) is 11.7. The lowest BCUT2D eigenvalue weighted by Crippen LogP contribution is -2.54. The van der Waals surface area contributed by atoms with Crippen molar-refractivity contribution < 1.29 is 9.53 Å². The molecule has 0 spiro atoms. The largest absolute Gasteiger partial charge is 0.437 e. The van der Waals surface area contributed by atoms with Crippen LogP contribution in [0.15, 0.2) is 30.6 Å². The zero-order valence-corrected chi connectivity index (χ0v) is 20.8. The maximum absolute atomic E-state index is 12.9. The summed E-state index contributed by atoms with van der Waals surface area (Å²) >= 11 is 6.25. The van der Waals surface area contributed by atoms with Crippen molar-refractivity contribution in [2.45, 2.75) is 60.4 Å². The van der Waals surface area contributed by atoms with E-state index in [1.807, 2.05) is 36.1 Å². The Morgan fingerprint density at radius 3 is 2.69 bits per heavy atom. The highest BCUT2D eigenvalue weighted by atomic mass is 35.5. The fourth-order valence-corrected chi connectivity index (χ4v) is 4.59. The summed E-state index contributed by atoms with van der Waals surface area (Å²) in [4.78, 5) is 25.8. The zero-order valence-electron chi connectivity index (χ0n) is 20.1. The van der Waals surface area contributed by atoms with E-state index in [1.54, 1.807) is 0 Å². The molecule has 0 N–H and O–H groups in total. The maximum Gasteiger partial charge on any atom is 0.224 e. The number of carbonyl (C=O) groups is 1. The number of hydrogen-bond donors (Lipinski definition) is 0. The number of hydrogen-bond acceptors (Lipinski definition) is 5. The molecule has 1 aliphatic heterocycles. The van der Waals surface area contributed by atoms with Gasteiger partial charge in [0, 0.05) is 38.2 Å². The van der Waals surface area contributed by atoms with Gasteiger partial charge in [-0.25, -0.2) is 9.97 Å². The second-order valence-electron chi connectivity index (χ2n) is 10.2. The first-order valence-electron chi connectivity index (χ1n) is 11.3. The number of benzene rings is 1. The summed E-state index contributed by atoms with van der Waals surface area (Å²) in [7, 11) is 0. The molecule has 174 valence electrons. The predicted molar refractivity (Wildman–Crippen MR) is 130 cm³/mol. The summed E-state index contributed by atoms with van der Waals surface area (Å²) in [6.07, 6.45) is 3.15. The number of halogens is 1. The van der Waals surface area contributed by atoms with Crippen LogP contribution in [-0.4, -0.2) is 46.5 Å². The highest BCUT2D eigenvalue weighted by Gasteiger charge is 2.29. The molecule has 0 saturated carbocycles. The monoisotopic (exact) mass is 458 g/mol. The number of carbonyl (C=O) groups excluding carboxylic acids is 1. The second-order valence-corrected chi connectivity index (χ2v) is 10.6. The number of ether oxygens (including phenoxy) is 1. The number of rotatable bonds is 6. The zero-order chi connectivity index (χ0) is 23.5. The molecule has 1 aromatic carbocycles. The lowest BCUT2D eigenvalue weighted by molar-refractivity contribution is -0.134. The van der Waals surface area contributed by atoms with E-state index in [0.29, 0.717) is 35.5 Å². The summed E-state index contributed by atoms with van der Waals surface area (Å²) in [6.45, 7) is 15.1. The van der Waals surface area contributed by atoms with Crippen LogP contribution in [0.3, 0.4) is 0 Å². The maximum atomic E-state index is 12.9. The topological polar surface area (TPSA) is 58.6 Å². The van der Waals surface area contributed by atoms with Crippen molar-refractivity contribution in [3.63, 3.8) is 0 Å². The second kappa shape index (κ2) is 10.1. The summed E-state index contributed by atoms with van der Waals surface area (Å²) in [6, 6.07) is 7.58. The molecule has 3 rings (SSSR count). The quantitative estimate of drug-likeness (QED) is 0.553. The molecule has 2 aromatic rings. The molecule has 1 fully saturated rings. The van der Waals surface area contributed by atoms with E-state index in [2.05, 4.69) is 49.5 Å². The third kappa shape index (κ3) is 6.58. The Labute approximate surface area is 196 Å². The van der Waals surface area contributed by atoms with Crippen LogP contribution in [0.5, 0.6) is 11.6 Å². The fraction of sp³-hybridized carbons (Fsp3) is 0.560. The molecule has 1 aromatic heterocycles. The molecule has 6 nitrogen and oxygen atoms in total. The fourth-order valence-electron chi connectivity index (χ4n) is 4.43. The van der Waals surface area contributed by atoms with Crippen molar-refractivity contribution in [3.05, 3.63) is 41.2 Å². The standard InChI is InChI=1S/C25H35ClN4O2/c1-17-7-8-20(26)21(11-17)32-23-13-22(27-16-28-23)29-9-10-30(19(3)15-29)24(31)12-18(2)14-25(4,5)6/h7-8,11,13,16,18-19H,9-10,12,14-15H2,1-6H3. The van der Waals surface area contributed by atoms with Crippen molar-refractivity contribution in [1.29, 1.82) is 0 Å². The molecular formula is C25H35ClN4O2. The van der Waals surface area contributed by atoms with Crippen LogP contribution in [0, 0.1) is 18.3 Å². The van der Waals surface area contributed by atoms with E-state index in [-0.39, 0.29) is 17.4 Å². The van der Waals surface area contributed by atoms with Crippen LogP contribution in [-0.2, 0) is 4.79 Å². The Balaban J connectivity index is 1.62. The number of nitrogens with zero attached hydrogens (tertiary/aromatic N) is 4. The molecule has 2 heterocycles. The van der Waals surface area contributed by atoms with Gasteiger partial charge in [-0.05, 0) is 49.3 Å². The lowest BCUT2D eigenvalue weighted by atomic mass is 9.84. The molecule has 1 amide bonds. The van der Waals surface area contributed by atoms with Crippen molar-refractivity contribution in [2.75, 3.05) is 24.5 Å². The number of anilines is 1. The number of aryl methyl sites for hydroxylation is 1. The van der Waals surface area contributed by atoms with Gasteiger partial charge in [0.2, 0.25) is 11.8 Å². The SMILES string of the molecule is Cc1ccc(Cl)c(Oc2cc(N3CCN(C(=O)CC(C)CC(C)(C)C)C(C)C3)ncn2)c1. The number of piperazine rings is 1. The smallest absolute Gasteiger partial charge is 0.224 e. The van der Waals surface area contributed by atoms with Gasteiger partial charge in [-0.15, -0.1) is 0 Å². The van der Waals surface area contributed by atoms with E-state index < -0.39 is 0 Å². The molecule has 0 aliphatic carbocycles. The van der Waals surface area contributed by atoms with E-state index in [9.17, 15) is 4.79 Å². The van der Waals surface area contributed by atoms with Gasteiger partial charge >= 0.3 is 0 Å². The molecule has 0 bridgehead atoms. The average Bonchev–Trinajstić information content (AvgIpc) is 2.69. The molecule has 0 radical (unpaired) electrons. The van der Waals surface area contributed by atoms with Gasteiger partial charge < -0.3 is 14.5 Å². The molecule has 1 saturated heterocycles. The van der Waals surface area contributed by atoms with Gasteiger partial charge in [0.05, 0.1) is 5.02 Å². The molecular weight excluding hydrogens is 424 g/mol. The Bertz CT molecular complexity index is 944. The first kappa shape index (κ1) is 24.3. The van der Waals surface area contributed by atoms with Crippen molar-refractivity contribution in [1.82, 2.24) is 14.9 Å². The highest BCUT2D eigenvalue weighted by molar-refractivity contribution is 6.32. The number of aromatic nitrogens is 2. The molecule has 2 atom stereocenters. The van der Waals surface area contributed by atoms with Crippen LogP contribution >= 0.6 is 11.6 Å².